The van der Waals surface area contributed by atoms with E-state index in [-0.39, 0.29) is 17.1 Å². The molecule has 23 heavy (non-hydrogen) atoms. The van der Waals surface area contributed by atoms with Crippen molar-refractivity contribution in [1.29, 1.82) is 0 Å². The molecule has 1 N–H and O–H groups in total. The third-order valence-corrected chi connectivity index (χ3v) is 3.31. The molecule has 1 aliphatic heterocycles. The second kappa shape index (κ2) is 5.30. The zero-order chi connectivity index (χ0) is 17.6. The molecule has 1 amide bonds. The second-order valence-corrected chi connectivity index (χ2v) is 4.92. The van der Waals surface area contributed by atoms with E-state index in [4.69, 9.17) is 0 Å². The minimum atomic E-state index is -5.19. The number of carbonyl (C=O) groups is 1. The smallest absolute Gasteiger partial charge is 0.362 e. The van der Waals surface area contributed by atoms with Gasteiger partial charge in [0.15, 0.2) is 0 Å². The van der Waals surface area contributed by atoms with Gasteiger partial charge in [-0.2, -0.15) is 28.4 Å². The van der Waals surface area contributed by atoms with Crippen molar-refractivity contribution in [3.63, 3.8) is 0 Å². The number of rotatable bonds is 3. The van der Waals surface area contributed by atoms with Gasteiger partial charge in [-0.3, -0.25) is 19.6 Å². The van der Waals surface area contributed by atoms with Crippen LogP contribution in [0.4, 0.5) is 18.9 Å². The lowest BCUT2D eigenvalue weighted by Crippen LogP contribution is -2.56. The van der Waals surface area contributed by atoms with Crippen molar-refractivity contribution in [3.05, 3.63) is 22.0 Å². The summed E-state index contributed by atoms with van der Waals surface area (Å²) in [4.78, 5) is 22.2. The number of alkyl halides is 3. The molecule has 0 saturated heterocycles. The van der Waals surface area contributed by atoms with Gasteiger partial charge in [-0.1, -0.05) is 6.92 Å². The van der Waals surface area contributed by atoms with Gasteiger partial charge in [0, 0.05) is 19.2 Å². The molecule has 1 aromatic heterocycles. The summed E-state index contributed by atoms with van der Waals surface area (Å²) in [6.07, 6.45) is -5.15. The van der Waals surface area contributed by atoms with Gasteiger partial charge in [0.05, 0.1) is 4.92 Å². The van der Waals surface area contributed by atoms with Crippen molar-refractivity contribution in [2.24, 2.45) is 12.1 Å². The zero-order valence-electron chi connectivity index (χ0n) is 12.0. The minimum Gasteiger partial charge on any atom is -0.362 e. The SMILES string of the molecule is CCC1=NN(C(=O)c2nn(C)cc2[N+](=O)[O-])[C@@](O)(C(F)(F)F)C1. The molecule has 2 heterocycles. The molecule has 0 saturated carbocycles. The lowest BCUT2D eigenvalue weighted by molar-refractivity contribution is -0.385. The Hall–Kier alpha value is -2.50. The summed E-state index contributed by atoms with van der Waals surface area (Å²) >= 11 is 0. The number of hydrazone groups is 1. The molecule has 0 bridgehead atoms. The summed E-state index contributed by atoms with van der Waals surface area (Å²) in [5.41, 5.74) is -5.22. The maximum Gasteiger partial charge on any atom is 0.438 e. The van der Waals surface area contributed by atoms with Gasteiger partial charge in [-0.25, -0.2) is 0 Å². The van der Waals surface area contributed by atoms with Crippen LogP contribution in [-0.2, 0) is 7.05 Å². The summed E-state index contributed by atoms with van der Waals surface area (Å²) in [6, 6.07) is 0. The predicted octanol–water partition coefficient (Wildman–Crippen LogP) is 1.19. The Morgan fingerprint density at radius 2 is 2.17 bits per heavy atom. The number of aryl methyl sites for hydroxylation is 1. The zero-order valence-corrected chi connectivity index (χ0v) is 12.0. The Bertz CT molecular complexity index is 698. The molecular weight excluding hydrogens is 323 g/mol. The fourth-order valence-corrected chi connectivity index (χ4v) is 2.11. The van der Waals surface area contributed by atoms with Gasteiger partial charge >= 0.3 is 17.8 Å². The number of amides is 1. The van der Waals surface area contributed by atoms with E-state index < -0.39 is 40.5 Å². The third-order valence-electron chi connectivity index (χ3n) is 3.31. The number of aliphatic hydroxyl groups is 1. The van der Waals surface area contributed by atoms with E-state index in [9.17, 15) is 33.2 Å². The monoisotopic (exact) mass is 335 g/mol. The first kappa shape index (κ1) is 16.9. The van der Waals surface area contributed by atoms with Gasteiger partial charge in [0.25, 0.3) is 5.72 Å². The highest BCUT2D eigenvalue weighted by Crippen LogP contribution is 2.41. The summed E-state index contributed by atoms with van der Waals surface area (Å²) < 4.78 is 40.4. The van der Waals surface area contributed by atoms with Gasteiger partial charge < -0.3 is 5.11 Å². The number of nitro groups is 1. The van der Waals surface area contributed by atoms with Gasteiger partial charge in [0.2, 0.25) is 5.69 Å². The number of carbonyl (C=O) groups excluding carboxylic acids is 1. The maximum atomic E-state index is 13.2. The van der Waals surface area contributed by atoms with Crippen LogP contribution in [0.25, 0.3) is 0 Å². The van der Waals surface area contributed by atoms with Crippen LogP contribution in [0.5, 0.6) is 0 Å². The van der Waals surface area contributed by atoms with E-state index in [1.54, 1.807) is 0 Å². The van der Waals surface area contributed by atoms with Crippen LogP contribution in [0.2, 0.25) is 0 Å². The van der Waals surface area contributed by atoms with Crippen molar-refractivity contribution in [3.8, 4) is 0 Å². The number of aromatic nitrogens is 2. The average molecular weight is 335 g/mol. The Labute approximate surface area is 127 Å². The van der Waals surface area contributed by atoms with Gasteiger partial charge in [0.1, 0.15) is 6.20 Å². The van der Waals surface area contributed by atoms with Crippen LogP contribution in [0.15, 0.2) is 11.3 Å². The lowest BCUT2D eigenvalue weighted by atomic mass is 10.0. The molecular formula is C11H12F3N5O4. The lowest BCUT2D eigenvalue weighted by Gasteiger charge is -2.32. The number of halogens is 3. The summed E-state index contributed by atoms with van der Waals surface area (Å²) in [6.45, 7) is 1.51. The number of nitrogens with zero attached hydrogens (tertiary/aromatic N) is 5. The van der Waals surface area contributed by atoms with Gasteiger partial charge in [-0.15, -0.1) is 0 Å². The highest BCUT2D eigenvalue weighted by atomic mass is 19.4. The first-order valence-electron chi connectivity index (χ1n) is 6.39. The highest BCUT2D eigenvalue weighted by molar-refractivity contribution is 5.99. The predicted molar refractivity (Wildman–Crippen MR) is 69.4 cm³/mol. The normalized spacial score (nSPS) is 21.5. The van der Waals surface area contributed by atoms with E-state index in [1.807, 2.05) is 0 Å². The molecule has 0 radical (unpaired) electrons. The highest BCUT2D eigenvalue weighted by Gasteiger charge is 2.63. The Kier molecular flexibility index (Phi) is 3.88. The Morgan fingerprint density at radius 3 is 2.65 bits per heavy atom. The number of hydrogen-bond acceptors (Lipinski definition) is 6. The van der Waals surface area contributed by atoms with Crippen molar-refractivity contribution in [2.75, 3.05) is 0 Å². The molecule has 12 heteroatoms. The van der Waals surface area contributed by atoms with Crippen molar-refractivity contribution < 1.29 is 28.0 Å². The van der Waals surface area contributed by atoms with E-state index in [0.29, 0.717) is 0 Å². The minimum absolute atomic E-state index is 0.0586. The molecule has 9 nitrogen and oxygen atoms in total. The first-order valence-corrected chi connectivity index (χ1v) is 6.39. The summed E-state index contributed by atoms with van der Waals surface area (Å²) in [5.74, 6) is -1.50. The summed E-state index contributed by atoms with van der Waals surface area (Å²) in [7, 11) is 1.27. The molecule has 1 aliphatic rings. The molecule has 0 spiro atoms. The first-order chi connectivity index (χ1) is 10.5. The maximum absolute atomic E-state index is 13.2. The van der Waals surface area contributed by atoms with E-state index in [2.05, 4.69) is 10.2 Å². The average Bonchev–Trinajstić information content (AvgIpc) is 2.99. The van der Waals surface area contributed by atoms with E-state index in [0.717, 1.165) is 10.9 Å². The van der Waals surface area contributed by atoms with Crippen LogP contribution in [0.1, 0.15) is 30.3 Å². The number of hydrogen-bond donors (Lipinski definition) is 1. The van der Waals surface area contributed by atoms with Gasteiger partial charge in [-0.05, 0) is 6.42 Å². The molecule has 0 fully saturated rings. The molecule has 0 aliphatic carbocycles. The molecule has 0 aromatic carbocycles. The molecule has 2 rings (SSSR count). The Balaban J connectivity index is 2.52. The van der Waals surface area contributed by atoms with Crippen molar-refractivity contribution in [2.45, 2.75) is 31.7 Å². The van der Waals surface area contributed by atoms with Crippen LogP contribution in [0.3, 0.4) is 0 Å². The second-order valence-electron chi connectivity index (χ2n) is 4.92. The fourth-order valence-electron chi connectivity index (χ4n) is 2.11. The van der Waals surface area contributed by atoms with Crippen molar-refractivity contribution >= 4 is 17.3 Å². The van der Waals surface area contributed by atoms with Crippen LogP contribution in [0, 0.1) is 10.1 Å². The van der Waals surface area contributed by atoms with E-state index in [1.165, 1.54) is 14.0 Å². The molecule has 0 unspecified atom stereocenters. The fraction of sp³-hybridized carbons (Fsp3) is 0.545. The topological polar surface area (TPSA) is 114 Å². The van der Waals surface area contributed by atoms with E-state index >= 15 is 0 Å². The molecule has 126 valence electrons. The third kappa shape index (κ3) is 2.65. The Morgan fingerprint density at radius 1 is 1.57 bits per heavy atom. The van der Waals surface area contributed by atoms with Crippen LogP contribution >= 0.6 is 0 Å². The quantitative estimate of drug-likeness (QED) is 0.658. The molecule has 1 aromatic rings. The largest absolute Gasteiger partial charge is 0.438 e. The van der Waals surface area contributed by atoms with Crippen LogP contribution < -0.4 is 0 Å². The standard InChI is InChI=1S/C11H12F3N5O4/c1-3-6-4-10(21,11(12,13)14)18(15-6)9(20)8-7(19(22)23)5-17(2)16-8/h5,21H,3-4H2,1-2H3/t10-/m0/s1. The van der Waals surface area contributed by atoms with Crippen molar-refractivity contribution in [1.82, 2.24) is 14.8 Å². The summed E-state index contributed by atoms with van der Waals surface area (Å²) in [5, 5.41) is 27.6. The van der Waals surface area contributed by atoms with Crippen LogP contribution in [-0.4, -0.2) is 48.3 Å². The molecule has 1 atom stereocenters.